The van der Waals surface area contributed by atoms with Gasteiger partial charge in [0.1, 0.15) is 5.25 Å². The molecule has 0 bridgehead atoms. The monoisotopic (exact) mass is 267 g/mol. The summed E-state index contributed by atoms with van der Waals surface area (Å²) in [6.45, 7) is 1.40. The van der Waals surface area contributed by atoms with Gasteiger partial charge >= 0.3 is 0 Å². The third kappa shape index (κ3) is 2.72. The highest BCUT2D eigenvalue weighted by Crippen LogP contribution is 2.25. The highest BCUT2D eigenvalue weighted by atomic mass is 32.2. The second kappa shape index (κ2) is 4.72. The standard InChI is InChI=1S/C13H17NO3S/c1-9(18(2,16)17)13(15)14-12-7-6-10-4-3-5-11(10)8-12/h6-9H,3-5H2,1-2H3,(H,14,15)/t9-/m1/s1. The van der Waals surface area contributed by atoms with Crippen LogP contribution in [0.5, 0.6) is 0 Å². The summed E-state index contributed by atoms with van der Waals surface area (Å²) in [6, 6.07) is 5.77. The fraction of sp³-hybridized carbons (Fsp3) is 0.462. The van der Waals surface area contributed by atoms with Gasteiger partial charge in [0.2, 0.25) is 5.91 Å². The second-order valence-electron chi connectivity index (χ2n) is 4.80. The van der Waals surface area contributed by atoms with E-state index in [0.29, 0.717) is 5.69 Å². The summed E-state index contributed by atoms with van der Waals surface area (Å²) in [6.07, 6.45) is 4.33. The predicted octanol–water partition coefficient (Wildman–Crippen LogP) is 1.55. The van der Waals surface area contributed by atoms with Crippen molar-refractivity contribution in [3.05, 3.63) is 29.3 Å². The van der Waals surface area contributed by atoms with Gasteiger partial charge in [0.15, 0.2) is 9.84 Å². The molecule has 18 heavy (non-hydrogen) atoms. The van der Waals surface area contributed by atoms with Crippen LogP contribution in [-0.4, -0.2) is 25.8 Å². The number of hydrogen-bond donors (Lipinski definition) is 1. The van der Waals surface area contributed by atoms with E-state index in [4.69, 9.17) is 0 Å². The molecule has 1 aliphatic carbocycles. The highest BCUT2D eigenvalue weighted by molar-refractivity contribution is 7.92. The number of fused-ring (bicyclic) bond motifs is 1. The molecule has 0 aromatic heterocycles. The zero-order chi connectivity index (χ0) is 13.3. The number of anilines is 1. The second-order valence-corrected chi connectivity index (χ2v) is 7.16. The van der Waals surface area contributed by atoms with Crippen LogP contribution >= 0.6 is 0 Å². The van der Waals surface area contributed by atoms with Crippen molar-refractivity contribution in [1.29, 1.82) is 0 Å². The van der Waals surface area contributed by atoms with Crippen LogP contribution in [0.3, 0.4) is 0 Å². The molecule has 2 rings (SSSR count). The Labute approximate surface area is 107 Å². The van der Waals surface area contributed by atoms with Crippen molar-refractivity contribution in [2.45, 2.75) is 31.4 Å². The third-order valence-electron chi connectivity index (χ3n) is 3.38. The molecule has 0 spiro atoms. The number of carbonyl (C=O) groups excluding carboxylic acids is 1. The summed E-state index contributed by atoms with van der Waals surface area (Å²) in [4.78, 5) is 11.8. The van der Waals surface area contributed by atoms with E-state index < -0.39 is 21.0 Å². The van der Waals surface area contributed by atoms with Gasteiger partial charge in [0.25, 0.3) is 0 Å². The molecular weight excluding hydrogens is 250 g/mol. The maximum atomic E-state index is 11.8. The van der Waals surface area contributed by atoms with Gasteiger partial charge in [-0.25, -0.2) is 8.42 Å². The first-order chi connectivity index (χ1) is 8.38. The van der Waals surface area contributed by atoms with Gasteiger partial charge in [0.05, 0.1) is 0 Å². The van der Waals surface area contributed by atoms with Gasteiger partial charge in [-0.05, 0) is 49.4 Å². The lowest BCUT2D eigenvalue weighted by molar-refractivity contribution is -0.115. The molecule has 1 aromatic rings. The fourth-order valence-corrected chi connectivity index (χ4v) is 2.54. The molecule has 98 valence electrons. The Morgan fingerprint density at radius 3 is 2.61 bits per heavy atom. The molecule has 0 fully saturated rings. The molecule has 1 atom stereocenters. The first kappa shape index (κ1) is 13.1. The Kier molecular flexibility index (Phi) is 3.43. The smallest absolute Gasteiger partial charge is 0.242 e. The molecule has 0 aliphatic heterocycles. The Hall–Kier alpha value is -1.36. The highest BCUT2D eigenvalue weighted by Gasteiger charge is 2.23. The number of carbonyl (C=O) groups is 1. The number of aryl methyl sites for hydroxylation is 2. The van der Waals surface area contributed by atoms with Gasteiger partial charge in [-0.3, -0.25) is 4.79 Å². The van der Waals surface area contributed by atoms with Gasteiger partial charge in [-0.1, -0.05) is 6.07 Å². The molecule has 0 saturated heterocycles. The maximum absolute atomic E-state index is 11.8. The zero-order valence-electron chi connectivity index (χ0n) is 10.6. The number of nitrogens with one attached hydrogen (secondary N) is 1. The average molecular weight is 267 g/mol. The van der Waals surface area contributed by atoms with Crippen molar-refractivity contribution in [2.24, 2.45) is 0 Å². The number of benzene rings is 1. The van der Waals surface area contributed by atoms with E-state index in [1.807, 2.05) is 18.2 Å². The largest absolute Gasteiger partial charge is 0.325 e. The lowest BCUT2D eigenvalue weighted by atomic mass is 10.1. The zero-order valence-corrected chi connectivity index (χ0v) is 11.4. The SMILES string of the molecule is C[C@H](C(=O)Nc1ccc2c(c1)CCC2)S(C)(=O)=O. The van der Waals surface area contributed by atoms with Crippen molar-refractivity contribution in [1.82, 2.24) is 0 Å². The summed E-state index contributed by atoms with van der Waals surface area (Å²) in [7, 11) is -3.35. The van der Waals surface area contributed by atoms with Crippen LogP contribution in [0.15, 0.2) is 18.2 Å². The molecule has 0 saturated carbocycles. The summed E-state index contributed by atoms with van der Waals surface area (Å²) in [5, 5.41) is 1.64. The van der Waals surface area contributed by atoms with Gasteiger partial charge < -0.3 is 5.32 Å². The minimum Gasteiger partial charge on any atom is -0.325 e. The van der Waals surface area contributed by atoms with Crippen molar-refractivity contribution in [3.8, 4) is 0 Å². The van der Waals surface area contributed by atoms with E-state index in [0.717, 1.165) is 25.5 Å². The number of rotatable bonds is 3. The van der Waals surface area contributed by atoms with Gasteiger partial charge in [0, 0.05) is 11.9 Å². The molecule has 1 aliphatic rings. The van der Waals surface area contributed by atoms with Crippen molar-refractivity contribution in [3.63, 3.8) is 0 Å². The Morgan fingerprint density at radius 1 is 1.28 bits per heavy atom. The molecule has 0 heterocycles. The first-order valence-corrected chi connectivity index (χ1v) is 7.95. The van der Waals surface area contributed by atoms with Crippen LogP contribution < -0.4 is 5.32 Å². The Balaban J connectivity index is 2.13. The van der Waals surface area contributed by atoms with Crippen LogP contribution in [0.25, 0.3) is 0 Å². The van der Waals surface area contributed by atoms with E-state index in [-0.39, 0.29) is 0 Å². The molecule has 1 amide bonds. The van der Waals surface area contributed by atoms with Crippen LogP contribution in [0.2, 0.25) is 0 Å². The van der Waals surface area contributed by atoms with E-state index in [1.54, 1.807) is 0 Å². The molecule has 0 unspecified atom stereocenters. The minimum atomic E-state index is -3.35. The van der Waals surface area contributed by atoms with Crippen LogP contribution in [0.1, 0.15) is 24.5 Å². The normalized spacial score (nSPS) is 16.1. The number of sulfone groups is 1. The molecule has 1 aromatic carbocycles. The van der Waals surface area contributed by atoms with Crippen LogP contribution in [0.4, 0.5) is 5.69 Å². The van der Waals surface area contributed by atoms with Crippen molar-refractivity contribution < 1.29 is 13.2 Å². The summed E-state index contributed by atoms with van der Waals surface area (Å²) in [5.41, 5.74) is 3.25. The first-order valence-electron chi connectivity index (χ1n) is 5.99. The maximum Gasteiger partial charge on any atom is 0.242 e. The Bertz CT molecular complexity index is 578. The quantitative estimate of drug-likeness (QED) is 0.903. The Morgan fingerprint density at radius 2 is 1.94 bits per heavy atom. The van der Waals surface area contributed by atoms with E-state index >= 15 is 0 Å². The molecule has 5 heteroatoms. The topological polar surface area (TPSA) is 63.2 Å². The fourth-order valence-electron chi connectivity index (χ4n) is 2.09. The van der Waals surface area contributed by atoms with E-state index in [1.165, 1.54) is 18.1 Å². The van der Waals surface area contributed by atoms with Gasteiger partial charge in [-0.15, -0.1) is 0 Å². The van der Waals surface area contributed by atoms with Crippen molar-refractivity contribution >= 4 is 21.4 Å². The molecule has 0 radical (unpaired) electrons. The van der Waals surface area contributed by atoms with Crippen molar-refractivity contribution in [2.75, 3.05) is 11.6 Å². The van der Waals surface area contributed by atoms with E-state index in [2.05, 4.69) is 5.32 Å². The lowest BCUT2D eigenvalue weighted by Crippen LogP contribution is -2.31. The number of amides is 1. The average Bonchev–Trinajstić information content (AvgIpc) is 2.73. The number of hydrogen-bond acceptors (Lipinski definition) is 3. The van der Waals surface area contributed by atoms with E-state index in [9.17, 15) is 13.2 Å². The van der Waals surface area contributed by atoms with Gasteiger partial charge in [-0.2, -0.15) is 0 Å². The predicted molar refractivity (Wildman–Crippen MR) is 71.4 cm³/mol. The molecule has 1 N–H and O–H groups in total. The summed E-state index contributed by atoms with van der Waals surface area (Å²) >= 11 is 0. The molecule has 4 nitrogen and oxygen atoms in total. The summed E-state index contributed by atoms with van der Waals surface area (Å²) in [5.74, 6) is -0.476. The lowest BCUT2D eigenvalue weighted by Gasteiger charge is -2.11. The molecular formula is C13H17NO3S. The minimum absolute atomic E-state index is 0.476. The van der Waals surface area contributed by atoms with Crippen LogP contribution in [0, 0.1) is 0 Å². The van der Waals surface area contributed by atoms with Crippen LogP contribution in [-0.2, 0) is 27.5 Å². The third-order valence-corrected chi connectivity index (χ3v) is 4.88. The summed E-state index contributed by atoms with van der Waals surface area (Å²) < 4.78 is 22.6.